The highest BCUT2D eigenvalue weighted by Gasteiger charge is 2.35. The van der Waals surface area contributed by atoms with Crippen molar-refractivity contribution in [1.29, 1.82) is 0 Å². The minimum absolute atomic E-state index is 0.112. The van der Waals surface area contributed by atoms with Gasteiger partial charge in [-0.05, 0) is 0 Å². The van der Waals surface area contributed by atoms with Crippen molar-refractivity contribution >= 4 is 11.9 Å². The van der Waals surface area contributed by atoms with E-state index in [9.17, 15) is 9.59 Å². The number of nitrogens with one attached hydrogen (secondary N) is 2. The smallest absolute Gasteiger partial charge is 0.311 e. The predicted molar refractivity (Wildman–Crippen MR) is 65.1 cm³/mol. The lowest BCUT2D eigenvalue weighted by molar-refractivity contribution is -0.142. The second-order valence-electron chi connectivity index (χ2n) is 4.96. The van der Waals surface area contributed by atoms with Crippen molar-refractivity contribution in [2.45, 2.75) is 12.1 Å². The molecule has 0 aliphatic carbocycles. The molecule has 0 aromatic carbocycles. The van der Waals surface area contributed by atoms with Gasteiger partial charge in [0.15, 0.2) is 5.69 Å². The Morgan fingerprint density at radius 1 is 1.45 bits per heavy atom. The maximum absolute atomic E-state index is 12.0. The fourth-order valence-electron chi connectivity index (χ4n) is 2.20. The molecule has 108 valence electrons. The minimum atomic E-state index is -0.975. The first-order chi connectivity index (χ1) is 9.65. The highest BCUT2D eigenvalue weighted by atomic mass is 16.5. The molecular formula is C11H15N5O4. The van der Waals surface area contributed by atoms with E-state index in [1.807, 2.05) is 0 Å². The lowest BCUT2D eigenvalue weighted by atomic mass is 10.0. The molecular weight excluding hydrogens is 266 g/mol. The summed E-state index contributed by atoms with van der Waals surface area (Å²) in [4.78, 5) is 23.0. The van der Waals surface area contributed by atoms with Gasteiger partial charge in [0, 0.05) is 13.1 Å². The van der Waals surface area contributed by atoms with Crippen LogP contribution in [-0.4, -0.2) is 64.3 Å². The molecule has 1 aromatic rings. The van der Waals surface area contributed by atoms with Gasteiger partial charge in [-0.25, -0.2) is 4.68 Å². The van der Waals surface area contributed by atoms with Crippen molar-refractivity contribution in [3.05, 3.63) is 11.9 Å². The minimum Gasteiger partial charge on any atom is -0.481 e. The molecule has 2 saturated heterocycles. The summed E-state index contributed by atoms with van der Waals surface area (Å²) >= 11 is 0. The summed E-state index contributed by atoms with van der Waals surface area (Å²) in [5.41, 5.74) is 0.188. The number of carbonyl (C=O) groups excluding carboxylic acids is 1. The van der Waals surface area contributed by atoms with Crippen LogP contribution in [0.4, 0.5) is 0 Å². The zero-order valence-electron chi connectivity index (χ0n) is 10.7. The van der Waals surface area contributed by atoms with Gasteiger partial charge in [-0.1, -0.05) is 5.21 Å². The summed E-state index contributed by atoms with van der Waals surface area (Å²) in [6.45, 7) is 1.92. The summed E-state index contributed by atoms with van der Waals surface area (Å²) in [6, 6.07) is -0.304. The number of hydrogen-bond donors (Lipinski definition) is 3. The van der Waals surface area contributed by atoms with E-state index in [4.69, 9.17) is 9.84 Å². The Bertz CT molecular complexity index is 527. The first-order valence-corrected chi connectivity index (χ1v) is 6.39. The molecule has 0 radical (unpaired) electrons. The number of rotatable bonds is 4. The van der Waals surface area contributed by atoms with Gasteiger partial charge >= 0.3 is 5.97 Å². The molecule has 3 heterocycles. The summed E-state index contributed by atoms with van der Waals surface area (Å²) in [6.07, 6.45) is 1.58. The average Bonchev–Trinajstić information content (AvgIpc) is 2.95. The van der Waals surface area contributed by atoms with Crippen molar-refractivity contribution < 1.29 is 19.4 Å². The Balaban J connectivity index is 1.63. The molecule has 0 saturated carbocycles. The van der Waals surface area contributed by atoms with Crippen LogP contribution in [0, 0.1) is 5.92 Å². The topological polar surface area (TPSA) is 118 Å². The van der Waals surface area contributed by atoms with Gasteiger partial charge in [-0.2, -0.15) is 0 Å². The quantitative estimate of drug-likeness (QED) is 0.599. The highest BCUT2D eigenvalue weighted by Crippen LogP contribution is 2.15. The third kappa shape index (κ3) is 2.37. The number of aliphatic carboxylic acids is 1. The van der Waals surface area contributed by atoms with Crippen LogP contribution in [0.1, 0.15) is 16.5 Å². The van der Waals surface area contributed by atoms with Crippen molar-refractivity contribution in [2.75, 3.05) is 26.3 Å². The number of ether oxygens (including phenoxy) is 1. The number of nitrogens with zero attached hydrogens (tertiary/aromatic N) is 3. The summed E-state index contributed by atoms with van der Waals surface area (Å²) in [7, 11) is 0. The molecule has 2 fully saturated rings. The third-order valence-corrected chi connectivity index (χ3v) is 3.59. The number of aromatic nitrogens is 3. The fourth-order valence-corrected chi connectivity index (χ4v) is 2.20. The maximum atomic E-state index is 12.0. The van der Waals surface area contributed by atoms with Crippen LogP contribution in [0.5, 0.6) is 0 Å². The Hall–Kier alpha value is -2.00. The van der Waals surface area contributed by atoms with Crippen LogP contribution in [-0.2, 0) is 9.53 Å². The first-order valence-electron chi connectivity index (χ1n) is 6.39. The van der Waals surface area contributed by atoms with Gasteiger partial charge in [-0.3, -0.25) is 9.59 Å². The van der Waals surface area contributed by atoms with Crippen LogP contribution >= 0.6 is 0 Å². The van der Waals surface area contributed by atoms with Gasteiger partial charge < -0.3 is 20.5 Å². The van der Waals surface area contributed by atoms with Crippen molar-refractivity contribution in [1.82, 2.24) is 25.6 Å². The van der Waals surface area contributed by atoms with E-state index >= 15 is 0 Å². The fraction of sp³-hybridized carbons (Fsp3) is 0.636. The number of amides is 1. The maximum Gasteiger partial charge on any atom is 0.311 e. The largest absolute Gasteiger partial charge is 0.481 e. The Labute approximate surface area is 114 Å². The molecule has 3 rings (SSSR count). The zero-order valence-corrected chi connectivity index (χ0v) is 10.7. The van der Waals surface area contributed by atoms with Crippen LogP contribution in [0.3, 0.4) is 0 Å². The molecule has 9 nitrogen and oxygen atoms in total. The molecule has 9 heteroatoms. The van der Waals surface area contributed by atoms with Crippen LogP contribution in [0.15, 0.2) is 6.20 Å². The van der Waals surface area contributed by atoms with E-state index < -0.39 is 23.8 Å². The number of carbonyl (C=O) groups is 2. The van der Waals surface area contributed by atoms with E-state index in [1.54, 1.807) is 10.9 Å². The van der Waals surface area contributed by atoms with Gasteiger partial charge in [0.25, 0.3) is 5.91 Å². The van der Waals surface area contributed by atoms with E-state index in [2.05, 4.69) is 20.9 Å². The summed E-state index contributed by atoms with van der Waals surface area (Å²) < 4.78 is 6.74. The lowest BCUT2D eigenvalue weighted by Crippen LogP contribution is -2.44. The molecule has 3 N–H and O–H groups in total. The second kappa shape index (κ2) is 5.17. The molecule has 2 aliphatic rings. The SMILES string of the molecule is O=C(NC1COCC1C(=O)O)c1cn(C2CNC2)nn1. The van der Waals surface area contributed by atoms with Crippen molar-refractivity contribution in [3.8, 4) is 0 Å². The monoisotopic (exact) mass is 281 g/mol. The van der Waals surface area contributed by atoms with Gasteiger partial charge in [0.1, 0.15) is 5.92 Å². The van der Waals surface area contributed by atoms with Crippen LogP contribution in [0.25, 0.3) is 0 Å². The van der Waals surface area contributed by atoms with Gasteiger partial charge in [0.05, 0.1) is 31.5 Å². The molecule has 20 heavy (non-hydrogen) atoms. The van der Waals surface area contributed by atoms with Gasteiger partial charge in [0.2, 0.25) is 0 Å². The number of carboxylic acids is 1. The van der Waals surface area contributed by atoms with E-state index in [-0.39, 0.29) is 24.9 Å². The Morgan fingerprint density at radius 2 is 2.25 bits per heavy atom. The van der Waals surface area contributed by atoms with Gasteiger partial charge in [-0.15, -0.1) is 5.10 Å². The van der Waals surface area contributed by atoms with Crippen LogP contribution in [0.2, 0.25) is 0 Å². The Morgan fingerprint density at radius 3 is 2.90 bits per heavy atom. The summed E-state index contributed by atoms with van der Waals surface area (Å²) in [5, 5.41) is 22.5. The number of carboxylic acid groups (broad SMARTS) is 1. The zero-order chi connectivity index (χ0) is 14.1. The lowest BCUT2D eigenvalue weighted by Gasteiger charge is -2.26. The van der Waals surface area contributed by atoms with E-state index in [0.29, 0.717) is 0 Å². The molecule has 0 bridgehead atoms. The Kier molecular flexibility index (Phi) is 3.36. The first kappa shape index (κ1) is 13.0. The molecule has 2 atom stereocenters. The molecule has 0 spiro atoms. The highest BCUT2D eigenvalue weighted by molar-refractivity contribution is 5.92. The van der Waals surface area contributed by atoms with E-state index in [1.165, 1.54) is 0 Å². The predicted octanol–water partition coefficient (Wildman–Crippen LogP) is -1.75. The van der Waals surface area contributed by atoms with Crippen LogP contribution < -0.4 is 10.6 Å². The second-order valence-corrected chi connectivity index (χ2v) is 4.96. The van der Waals surface area contributed by atoms with E-state index in [0.717, 1.165) is 13.1 Å². The van der Waals surface area contributed by atoms with Crippen molar-refractivity contribution in [3.63, 3.8) is 0 Å². The molecule has 1 aromatic heterocycles. The number of hydrogen-bond acceptors (Lipinski definition) is 6. The average molecular weight is 281 g/mol. The molecule has 1 amide bonds. The third-order valence-electron chi connectivity index (χ3n) is 3.59. The standard InChI is InChI=1S/C11H15N5O4/c17-10(13-9-5-20-4-7(9)11(18)19)8-3-16(15-14-8)6-1-12-2-6/h3,6-7,9,12H,1-2,4-5H2,(H,13,17)(H,18,19). The normalized spacial score (nSPS) is 26.2. The van der Waals surface area contributed by atoms with Crippen molar-refractivity contribution in [2.24, 2.45) is 5.92 Å². The molecule has 2 unspecified atom stereocenters. The molecule has 2 aliphatic heterocycles. The summed E-state index contributed by atoms with van der Waals surface area (Å²) in [5.74, 6) is -2.12.